The van der Waals surface area contributed by atoms with Crippen LogP contribution >= 0.6 is 0 Å². The van der Waals surface area contributed by atoms with Crippen LogP contribution in [0.4, 0.5) is 4.39 Å². The monoisotopic (exact) mass is 471 g/mol. The summed E-state index contributed by atoms with van der Waals surface area (Å²) in [6.07, 6.45) is 9.38. The van der Waals surface area contributed by atoms with Gasteiger partial charge in [-0.25, -0.2) is 4.39 Å². The van der Waals surface area contributed by atoms with Crippen LogP contribution in [0.5, 0.6) is 5.75 Å². The molecule has 1 aliphatic carbocycles. The normalized spacial score (nSPS) is 28.8. The van der Waals surface area contributed by atoms with Crippen LogP contribution in [0.15, 0.2) is 24.3 Å². The Balaban J connectivity index is 1.24. The largest absolute Gasteiger partial charge is 0.484 e. The molecule has 1 aromatic rings. The van der Waals surface area contributed by atoms with Crippen LogP contribution in [-0.4, -0.2) is 66.5 Å². The van der Waals surface area contributed by atoms with Crippen LogP contribution in [0.1, 0.15) is 57.8 Å². The summed E-state index contributed by atoms with van der Waals surface area (Å²) in [5.41, 5.74) is 0. The minimum Gasteiger partial charge on any atom is -0.484 e. The Morgan fingerprint density at radius 2 is 1.82 bits per heavy atom. The summed E-state index contributed by atoms with van der Waals surface area (Å²) in [5.74, 6) is 2.02. The van der Waals surface area contributed by atoms with Gasteiger partial charge in [0.15, 0.2) is 6.61 Å². The molecular weight excluding hydrogens is 433 g/mol. The van der Waals surface area contributed by atoms with Crippen LogP contribution in [0, 0.1) is 23.6 Å². The Morgan fingerprint density at radius 3 is 2.59 bits per heavy atom. The lowest BCUT2D eigenvalue weighted by atomic mass is 9.69. The molecule has 0 aromatic heterocycles. The van der Waals surface area contributed by atoms with Gasteiger partial charge in [0.2, 0.25) is 5.91 Å². The number of hydrogen-bond acceptors (Lipinski definition) is 4. The van der Waals surface area contributed by atoms with Gasteiger partial charge in [-0.3, -0.25) is 14.5 Å². The van der Waals surface area contributed by atoms with Gasteiger partial charge in [0.1, 0.15) is 11.6 Å². The first-order valence-electron chi connectivity index (χ1n) is 13.3. The molecule has 1 aromatic carbocycles. The fourth-order valence-electron chi connectivity index (χ4n) is 6.55. The molecule has 7 heteroatoms. The van der Waals surface area contributed by atoms with Crippen LogP contribution in [0.2, 0.25) is 0 Å². The van der Waals surface area contributed by atoms with Gasteiger partial charge in [0, 0.05) is 31.6 Å². The van der Waals surface area contributed by atoms with Crippen LogP contribution in [0.25, 0.3) is 0 Å². The summed E-state index contributed by atoms with van der Waals surface area (Å²) in [6, 6.07) is 6.54. The Bertz CT molecular complexity index is 857. The predicted octanol–water partition coefficient (Wildman–Crippen LogP) is 3.60. The van der Waals surface area contributed by atoms with Gasteiger partial charge < -0.3 is 15.0 Å². The molecule has 3 heterocycles. The number of nitrogens with one attached hydrogen (secondary N) is 1. The van der Waals surface area contributed by atoms with Gasteiger partial charge in [-0.15, -0.1) is 0 Å². The third-order valence-corrected chi connectivity index (χ3v) is 8.36. The van der Waals surface area contributed by atoms with Gasteiger partial charge in [-0.1, -0.05) is 0 Å². The molecule has 3 aliphatic heterocycles. The summed E-state index contributed by atoms with van der Waals surface area (Å²) in [7, 11) is 0. The molecule has 3 saturated heterocycles. The number of likely N-dealkylation sites (tertiary alicyclic amines) is 1. The van der Waals surface area contributed by atoms with E-state index in [4.69, 9.17) is 4.74 Å². The molecule has 4 fully saturated rings. The quantitative estimate of drug-likeness (QED) is 0.598. The zero-order valence-electron chi connectivity index (χ0n) is 20.1. The number of benzene rings is 1. The number of amides is 2. The van der Waals surface area contributed by atoms with Crippen molar-refractivity contribution in [1.29, 1.82) is 0 Å². The first kappa shape index (κ1) is 23.6. The predicted molar refractivity (Wildman–Crippen MR) is 128 cm³/mol. The lowest BCUT2D eigenvalue weighted by molar-refractivity contribution is -0.148. The topological polar surface area (TPSA) is 61.9 Å². The van der Waals surface area contributed by atoms with E-state index in [1.165, 1.54) is 57.3 Å². The highest BCUT2D eigenvalue weighted by Crippen LogP contribution is 2.43. The molecule has 1 N–H and O–H groups in total. The van der Waals surface area contributed by atoms with Gasteiger partial charge in [-0.2, -0.15) is 0 Å². The highest BCUT2D eigenvalue weighted by atomic mass is 19.1. The highest BCUT2D eigenvalue weighted by Gasteiger charge is 2.49. The number of rotatable bonds is 9. The van der Waals surface area contributed by atoms with Gasteiger partial charge in [0.05, 0.1) is 0 Å². The van der Waals surface area contributed by atoms with Crippen molar-refractivity contribution < 1.29 is 18.7 Å². The van der Waals surface area contributed by atoms with Crippen LogP contribution in [-0.2, 0) is 9.59 Å². The fraction of sp³-hybridized carbons (Fsp3) is 0.704. The van der Waals surface area contributed by atoms with E-state index in [9.17, 15) is 14.0 Å². The molecule has 5 rings (SSSR count). The fourth-order valence-corrected chi connectivity index (χ4v) is 6.55. The lowest BCUT2D eigenvalue weighted by Gasteiger charge is -2.57. The van der Waals surface area contributed by atoms with Crippen LogP contribution in [0.3, 0.4) is 0 Å². The van der Waals surface area contributed by atoms with Crippen molar-refractivity contribution in [1.82, 2.24) is 15.1 Å². The molecule has 0 unspecified atom stereocenters. The molecule has 6 nitrogen and oxygen atoms in total. The Morgan fingerprint density at radius 1 is 1.06 bits per heavy atom. The molecule has 1 saturated carbocycles. The first-order valence-corrected chi connectivity index (χ1v) is 13.3. The summed E-state index contributed by atoms with van der Waals surface area (Å²) in [5, 5.41) is 3.07. The number of halogens is 1. The zero-order valence-corrected chi connectivity index (χ0v) is 20.1. The van der Waals surface area contributed by atoms with Crippen molar-refractivity contribution in [3.05, 3.63) is 30.1 Å². The Hall–Kier alpha value is -2.15. The van der Waals surface area contributed by atoms with Crippen molar-refractivity contribution in [3.63, 3.8) is 0 Å². The second-order valence-corrected chi connectivity index (χ2v) is 10.7. The maximum Gasteiger partial charge on any atom is 0.260 e. The molecule has 186 valence electrons. The lowest BCUT2D eigenvalue weighted by Crippen LogP contribution is -2.66. The van der Waals surface area contributed by atoms with E-state index in [2.05, 4.69) is 15.1 Å². The molecule has 0 radical (unpaired) electrons. The highest BCUT2D eigenvalue weighted by molar-refractivity contribution is 5.78. The number of hydrogen-bond donors (Lipinski definition) is 1. The van der Waals surface area contributed by atoms with Crippen molar-refractivity contribution in [2.45, 2.75) is 69.9 Å². The Kier molecular flexibility index (Phi) is 7.37. The van der Waals surface area contributed by atoms with E-state index in [1.807, 2.05) is 0 Å². The first-order chi connectivity index (χ1) is 16.6. The summed E-state index contributed by atoms with van der Waals surface area (Å²) in [6.45, 7) is 3.92. The van der Waals surface area contributed by atoms with E-state index >= 15 is 0 Å². The maximum absolute atomic E-state index is 13.4. The average molecular weight is 472 g/mol. The van der Waals surface area contributed by atoms with Crippen LogP contribution < -0.4 is 10.1 Å². The van der Waals surface area contributed by atoms with E-state index in [-0.39, 0.29) is 30.3 Å². The summed E-state index contributed by atoms with van der Waals surface area (Å²) < 4.78 is 18.9. The standard InChI is InChI=1S/C27H38FN3O3/c28-21-10-12-22(13-11-21)34-18-26(33)31-17-20-4-2-14-30-15-3-5-23(27(20)30)24(31)6-1-7-25(32)29-16-19-8-9-19/h10-13,19-20,23-24,27H,1-9,14-18H2,(H,29,32)/t20-,23+,24+,27-/m0/s1. The molecular formula is C27H38FN3O3. The molecule has 0 spiro atoms. The minimum atomic E-state index is -0.318. The van der Waals surface area contributed by atoms with Crippen molar-refractivity contribution in [2.75, 3.05) is 32.8 Å². The molecule has 34 heavy (non-hydrogen) atoms. The second kappa shape index (κ2) is 10.6. The smallest absolute Gasteiger partial charge is 0.260 e. The van der Waals surface area contributed by atoms with E-state index in [0.717, 1.165) is 32.4 Å². The van der Waals surface area contributed by atoms with Gasteiger partial charge in [-0.05, 0) is 106 Å². The van der Waals surface area contributed by atoms with Gasteiger partial charge in [0.25, 0.3) is 5.91 Å². The number of nitrogens with zero attached hydrogens (tertiary/aromatic N) is 2. The third-order valence-electron chi connectivity index (χ3n) is 8.36. The molecule has 4 atom stereocenters. The summed E-state index contributed by atoms with van der Waals surface area (Å²) in [4.78, 5) is 30.5. The Labute approximate surface area is 202 Å². The molecule has 2 amide bonds. The van der Waals surface area contributed by atoms with E-state index in [1.54, 1.807) is 12.1 Å². The second-order valence-electron chi connectivity index (χ2n) is 10.7. The zero-order chi connectivity index (χ0) is 23.5. The number of carbonyl (C=O) groups is 2. The number of piperidine rings is 3. The van der Waals surface area contributed by atoms with Crippen molar-refractivity contribution >= 4 is 11.8 Å². The molecule has 0 bridgehead atoms. The number of ether oxygens (including phenoxy) is 1. The van der Waals surface area contributed by atoms with Crippen molar-refractivity contribution in [2.24, 2.45) is 17.8 Å². The third kappa shape index (κ3) is 5.56. The average Bonchev–Trinajstić information content (AvgIpc) is 3.68. The van der Waals surface area contributed by atoms with E-state index in [0.29, 0.717) is 36.0 Å². The number of carbonyl (C=O) groups excluding carboxylic acids is 2. The van der Waals surface area contributed by atoms with Gasteiger partial charge >= 0.3 is 0 Å². The minimum absolute atomic E-state index is 0.00802. The maximum atomic E-state index is 13.4. The van der Waals surface area contributed by atoms with E-state index < -0.39 is 0 Å². The van der Waals surface area contributed by atoms with Crippen molar-refractivity contribution in [3.8, 4) is 5.75 Å². The molecule has 4 aliphatic rings. The summed E-state index contributed by atoms with van der Waals surface area (Å²) >= 11 is 0. The SMILES string of the molecule is O=C(CCC[C@@H]1[C@H]2CCCN3CCC[C@@H](CN1C(=O)COc1ccc(F)cc1)[C@@H]23)NCC1CC1.